The highest BCUT2D eigenvalue weighted by atomic mass is 16.5. The highest BCUT2D eigenvalue weighted by molar-refractivity contribution is 6.13. The number of ether oxygens (including phenoxy) is 1. The average molecular weight is 265 g/mol. The van der Waals surface area contributed by atoms with Crippen molar-refractivity contribution in [2.24, 2.45) is 9.98 Å². The maximum absolute atomic E-state index is 5.09. The highest BCUT2D eigenvalue weighted by Gasteiger charge is 2.21. The zero-order valence-electron chi connectivity index (χ0n) is 12.1. The fourth-order valence-electron chi connectivity index (χ4n) is 1.48. The first-order chi connectivity index (χ1) is 9.12. The summed E-state index contributed by atoms with van der Waals surface area (Å²) in [7, 11) is 3.41. The number of aliphatic imine (C=N–C) groups is 2. The Labute approximate surface area is 114 Å². The Balaban J connectivity index is 2.79. The van der Waals surface area contributed by atoms with Crippen LogP contribution in [0.1, 0.15) is 26.7 Å². The van der Waals surface area contributed by atoms with Gasteiger partial charge in [-0.3, -0.25) is 5.32 Å². The van der Waals surface area contributed by atoms with Crippen molar-refractivity contribution in [2.45, 2.75) is 26.7 Å². The number of methoxy groups -OCH3 is 1. The van der Waals surface area contributed by atoms with Gasteiger partial charge in [-0.1, -0.05) is 19.9 Å². The normalized spacial score (nSPS) is 18.7. The molecule has 0 saturated heterocycles. The molecule has 6 nitrogen and oxygen atoms in total. The lowest BCUT2D eigenvalue weighted by Gasteiger charge is -2.07. The van der Waals surface area contributed by atoms with Crippen LogP contribution in [0, 0.1) is 0 Å². The Morgan fingerprint density at radius 3 is 2.84 bits per heavy atom. The smallest absolute Gasteiger partial charge is 0.295 e. The minimum atomic E-state index is 0.435. The van der Waals surface area contributed by atoms with Crippen molar-refractivity contribution >= 4 is 11.9 Å². The van der Waals surface area contributed by atoms with E-state index in [1.54, 1.807) is 7.11 Å². The summed E-state index contributed by atoms with van der Waals surface area (Å²) >= 11 is 0. The fraction of sp³-hybridized carbons (Fsp3) is 0.538. The van der Waals surface area contributed by atoms with Gasteiger partial charge in [0, 0.05) is 19.3 Å². The summed E-state index contributed by atoms with van der Waals surface area (Å²) in [6, 6.07) is 0.435. The van der Waals surface area contributed by atoms with Crippen LogP contribution in [-0.4, -0.2) is 32.6 Å². The predicted molar refractivity (Wildman–Crippen MR) is 78.8 cm³/mol. The molecule has 0 bridgehead atoms. The van der Waals surface area contributed by atoms with E-state index in [0.717, 1.165) is 30.8 Å². The Kier molecular flexibility index (Phi) is 5.92. The summed E-state index contributed by atoms with van der Waals surface area (Å²) < 4.78 is 5.09. The second kappa shape index (κ2) is 7.45. The van der Waals surface area contributed by atoms with Crippen LogP contribution in [0.5, 0.6) is 0 Å². The Bertz CT molecular complexity index is 423. The SMILES string of the molecule is C=C(/N=C1/NC(OC)=N/C1=C(/C)NC)NCCCC. The van der Waals surface area contributed by atoms with Gasteiger partial charge >= 0.3 is 0 Å². The molecule has 0 aromatic rings. The molecule has 1 aliphatic rings. The number of rotatable bonds is 6. The first-order valence-electron chi connectivity index (χ1n) is 6.42. The van der Waals surface area contributed by atoms with E-state index in [-0.39, 0.29) is 0 Å². The molecule has 1 rings (SSSR count). The molecule has 0 aromatic heterocycles. The van der Waals surface area contributed by atoms with Crippen LogP contribution in [0.25, 0.3) is 0 Å². The van der Waals surface area contributed by atoms with E-state index in [4.69, 9.17) is 4.74 Å². The molecule has 6 heteroatoms. The number of unbranched alkanes of at least 4 members (excludes halogenated alkanes) is 1. The standard InChI is InChI=1S/C13H23N5O/c1-6-7-8-15-10(3)16-12-11(9(2)14-4)17-13(18-12)19-5/h14-15H,3,6-8H2,1-2,4-5H3,(H,16,17,18)/b11-9-. The van der Waals surface area contributed by atoms with Gasteiger partial charge in [-0.15, -0.1) is 0 Å². The molecular weight excluding hydrogens is 242 g/mol. The van der Waals surface area contributed by atoms with Crippen LogP contribution < -0.4 is 16.0 Å². The third kappa shape index (κ3) is 4.31. The number of hydrogen-bond acceptors (Lipinski definition) is 5. The van der Waals surface area contributed by atoms with Gasteiger partial charge in [0.15, 0.2) is 5.84 Å². The van der Waals surface area contributed by atoms with Gasteiger partial charge < -0.3 is 15.4 Å². The zero-order chi connectivity index (χ0) is 14.3. The lowest BCUT2D eigenvalue weighted by atomic mass is 10.3. The van der Waals surface area contributed by atoms with Crippen LogP contribution in [0.3, 0.4) is 0 Å². The second-order valence-corrected chi connectivity index (χ2v) is 4.16. The summed E-state index contributed by atoms with van der Waals surface area (Å²) in [5.74, 6) is 1.25. The molecule has 0 aliphatic carbocycles. The highest BCUT2D eigenvalue weighted by Crippen LogP contribution is 2.12. The maximum atomic E-state index is 5.09. The minimum Gasteiger partial charge on any atom is -0.468 e. The monoisotopic (exact) mass is 265 g/mol. The van der Waals surface area contributed by atoms with Crippen molar-refractivity contribution < 1.29 is 4.74 Å². The molecular formula is C13H23N5O. The van der Waals surface area contributed by atoms with Gasteiger partial charge in [-0.25, -0.2) is 4.99 Å². The molecule has 3 N–H and O–H groups in total. The number of hydrogen-bond donors (Lipinski definition) is 3. The third-order valence-electron chi connectivity index (χ3n) is 2.69. The van der Waals surface area contributed by atoms with Gasteiger partial charge in [0.05, 0.1) is 7.11 Å². The molecule has 106 valence electrons. The van der Waals surface area contributed by atoms with E-state index in [1.807, 2.05) is 14.0 Å². The summed E-state index contributed by atoms with van der Waals surface area (Å²) in [6.45, 7) is 8.83. The molecule has 1 heterocycles. The lowest BCUT2D eigenvalue weighted by molar-refractivity contribution is 0.392. The van der Waals surface area contributed by atoms with E-state index >= 15 is 0 Å². The summed E-state index contributed by atoms with van der Waals surface area (Å²) in [4.78, 5) is 8.71. The number of nitrogens with zero attached hydrogens (tertiary/aromatic N) is 2. The van der Waals surface area contributed by atoms with Crippen molar-refractivity contribution in [1.29, 1.82) is 0 Å². The van der Waals surface area contributed by atoms with Crippen LogP contribution >= 0.6 is 0 Å². The number of nitrogens with one attached hydrogen (secondary N) is 3. The van der Waals surface area contributed by atoms with Gasteiger partial charge in [-0.2, -0.15) is 4.99 Å². The average Bonchev–Trinajstić information content (AvgIpc) is 2.81. The molecule has 0 unspecified atom stereocenters. The molecule has 0 amide bonds. The summed E-state index contributed by atoms with van der Waals surface area (Å²) in [5, 5.41) is 9.22. The van der Waals surface area contributed by atoms with E-state index in [1.165, 1.54) is 0 Å². The molecule has 0 atom stereocenters. The maximum Gasteiger partial charge on any atom is 0.295 e. The first-order valence-corrected chi connectivity index (χ1v) is 6.42. The van der Waals surface area contributed by atoms with Gasteiger partial charge in [-0.05, 0) is 13.3 Å². The van der Waals surface area contributed by atoms with Gasteiger partial charge in [0.25, 0.3) is 6.02 Å². The molecule has 0 saturated carbocycles. The number of amidine groups is 2. The summed E-state index contributed by atoms with van der Waals surface area (Å²) in [6.07, 6.45) is 2.23. The van der Waals surface area contributed by atoms with Gasteiger partial charge in [0.2, 0.25) is 0 Å². The van der Waals surface area contributed by atoms with E-state index in [0.29, 0.717) is 17.7 Å². The Morgan fingerprint density at radius 2 is 2.26 bits per heavy atom. The van der Waals surface area contributed by atoms with Crippen molar-refractivity contribution in [3.8, 4) is 0 Å². The molecule has 1 aliphatic heterocycles. The Hall–Kier alpha value is -1.98. The first kappa shape index (κ1) is 15.1. The van der Waals surface area contributed by atoms with Crippen LogP contribution in [0.4, 0.5) is 0 Å². The molecule has 0 spiro atoms. The minimum absolute atomic E-state index is 0.435. The largest absolute Gasteiger partial charge is 0.468 e. The van der Waals surface area contributed by atoms with E-state index in [2.05, 4.69) is 39.4 Å². The topological polar surface area (TPSA) is 70.0 Å². The van der Waals surface area contributed by atoms with Crippen molar-refractivity contribution in [2.75, 3.05) is 20.7 Å². The zero-order valence-corrected chi connectivity index (χ0v) is 12.1. The van der Waals surface area contributed by atoms with E-state index < -0.39 is 0 Å². The molecule has 0 aromatic carbocycles. The molecule has 0 radical (unpaired) electrons. The van der Waals surface area contributed by atoms with Crippen LogP contribution in [0.15, 0.2) is 33.8 Å². The second-order valence-electron chi connectivity index (χ2n) is 4.16. The van der Waals surface area contributed by atoms with Crippen molar-refractivity contribution in [1.82, 2.24) is 16.0 Å². The quantitative estimate of drug-likeness (QED) is 0.633. The van der Waals surface area contributed by atoms with Crippen LogP contribution in [0.2, 0.25) is 0 Å². The van der Waals surface area contributed by atoms with Gasteiger partial charge in [0.1, 0.15) is 11.5 Å². The third-order valence-corrected chi connectivity index (χ3v) is 2.69. The molecule has 0 fully saturated rings. The lowest BCUT2D eigenvalue weighted by Crippen LogP contribution is -2.27. The van der Waals surface area contributed by atoms with Crippen LogP contribution in [-0.2, 0) is 4.74 Å². The molecule has 19 heavy (non-hydrogen) atoms. The van der Waals surface area contributed by atoms with Crippen molar-refractivity contribution in [3.63, 3.8) is 0 Å². The van der Waals surface area contributed by atoms with Crippen molar-refractivity contribution in [3.05, 3.63) is 23.8 Å². The number of allylic oxidation sites excluding steroid dienone is 1. The summed E-state index contributed by atoms with van der Waals surface area (Å²) in [5.41, 5.74) is 1.65. The predicted octanol–water partition coefficient (Wildman–Crippen LogP) is 1.30. The fourth-order valence-corrected chi connectivity index (χ4v) is 1.48. The Morgan fingerprint density at radius 1 is 1.53 bits per heavy atom. The van der Waals surface area contributed by atoms with E-state index in [9.17, 15) is 0 Å².